The summed E-state index contributed by atoms with van der Waals surface area (Å²) in [6.45, 7) is 6.72. The minimum atomic E-state index is -0.153. The molecule has 0 aromatic heterocycles. The summed E-state index contributed by atoms with van der Waals surface area (Å²) in [5.74, 6) is 0.0833. The zero-order chi connectivity index (χ0) is 11.2. The number of amides is 1. The van der Waals surface area contributed by atoms with Crippen molar-refractivity contribution in [1.29, 1.82) is 0 Å². The van der Waals surface area contributed by atoms with Gasteiger partial charge in [0.15, 0.2) is 0 Å². The number of hydrogen-bond donors (Lipinski definition) is 0. The van der Waals surface area contributed by atoms with Gasteiger partial charge in [-0.15, -0.1) is 0 Å². The molecule has 0 N–H and O–H groups in total. The first-order valence-corrected chi connectivity index (χ1v) is 5.38. The molecule has 0 radical (unpaired) electrons. The number of carbonyl (C=O) groups is 1. The van der Waals surface area contributed by atoms with Crippen LogP contribution < -0.4 is 0 Å². The Morgan fingerprint density at radius 3 is 2.53 bits per heavy atom. The van der Waals surface area contributed by atoms with E-state index in [1.807, 2.05) is 43.9 Å². The van der Waals surface area contributed by atoms with Crippen LogP contribution >= 0.6 is 11.6 Å². The first-order valence-electron chi connectivity index (χ1n) is 5.00. The van der Waals surface area contributed by atoms with Crippen molar-refractivity contribution in [2.75, 3.05) is 0 Å². The monoisotopic (exact) mass is 223 g/mol. The SMILES string of the molecule is CC(C)(C)N1Cc2c(Cl)cccc2C1=O. The van der Waals surface area contributed by atoms with Gasteiger partial charge in [-0.25, -0.2) is 0 Å². The number of benzene rings is 1. The largest absolute Gasteiger partial charge is 0.329 e. The van der Waals surface area contributed by atoms with E-state index in [-0.39, 0.29) is 11.4 Å². The highest BCUT2D eigenvalue weighted by molar-refractivity contribution is 6.32. The van der Waals surface area contributed by atoms with E-state index in [0.29, 0.717) is 11.6 Å². The average molecular weight is 224 g/mol. The topological polar surface area (TPSA) is 20.3 Å². The number of carbonyl (C=O) groups excluding carboxylic acids is 1. The van der Waals surface area contributed by atoms with Crippen LogP contribution in [0.15, 0.2) is 18.2 Å². The summed E-state index contributed by atoms with van der Waals surface area (Å²) in [5, 5.41) is 0.688. The summed E-state index contributed by atoms with van der Waals surface area (Å²) in [5.41, 5.74) is 1.55. The van der Waals surface area contributed by atoms with Crippen molar-refractivity contribution in [3.05, 3.63) is 34.3 Å². The highest BCUT2D eigenvalue weighted by atomic mass is 35.5. The van der Waals surface area contributed by atoms with Crippen LogP contribution in [0.2, 0.25) is 5.02 Å². The summed E-state index contributed by atoms with van der Waals surface area (Å²) in [4.78, 5) is 13.9. The highest BCUT2D eigenvalue weighted by Crippen LogP contribution is 2.32. The summed E-state index contributed by atoms with van der Waals surface area (Å²) < 4.78 is 0. The van der Waals surface area contributed by atoms with Crippen molar-refractivity contribution >= 4 is 17.5 Å². The lowest BCUT2D eigenvalue weighted by molar-refractivity contribution is 0.0609. The lowest BCUT2D eigenvalue weighted by Crippen LogP contribution is -2.41. The number of rotatable bonds is 0. The molecule has 0 atom stereocenters. The molecule has 0 fully saturated rings. The van der Waals surface area contributed by atoms with Gasteiger partial charge in [-0.05, 0) is 32.9 Å². The third-order valence-corrected chi connectivity index (χ3v) is 3.07. The smallest absolute Gasteiger partial charge is 0.254 e. The fourth-order valence-electron chi connectivity index (χ4n) is 1.84. The van der Waals surface area contributed by atoms with Crippen LogP contribution in [-0.4, -0.2) is 16.3 Å². The third kappa shape index (κ3) is 1.63. The number of halogens is 1. The molecule has 0 unspecified atom stereocenters. The van der Waals surface area contributed by atoms with Crippen molar-refractivity contribution < 1.29 is 4.79 Å². The van der Waals surface area contributed by atoms with Gasteiger partial charge >= 0.3 is 0 Å². The van der Waals surface area contributed by atoms with E-state index >= 15 is 0 Å². The van der Waals surface area contributed by atoms with E-state index in [1.165, 1.54) is 0 Å². The molecule has 1 aliphatic rings. The maximum Gasteiger partial charge on any atom is 0.254 e. The van der Waals surface area contributed by atoms with Gasteiger partial charge in [0.05, 0.1) is 0 Å². The van der Waals surface area contributed by atoms with Crippen molar-refractivity contribution in [2.45, 2.75) is 32.9 Å². The Hall–Kier alpha value is -1.02. The van der Waals surface area contributed by atoms with Crippen LogP contribution in [0.1, 0.15) is 36.7 Å². The molecule has 1 aromatic carbocycles. The standard InChI is InChI=1S/C12H14ClNO/c1-12(2,3)14-7-9-8(11(14)15)5-4-6-10(9)13/h4-6H,7H2,1-3H3. The van der Waals surface area contributed by atoms with Gasteiger partial charge in [0.2, 0.25) is 0 Å². The summed E-state index contributed by atoms with van der Waals surface area (Å²) in [6, 6.07) is 5.50. The number of hydrogen-bond acceptors (Lipinski definition) is 1. The predicted octanol–water partition coefficient (Wildman–Crippen LogP) is 3.09. The van der Waals surface area contributed by atoms with Gasteiger partial charge in [-0.3, -0.25) is 4.79 Å². The molecule has 1 aliphatic heterocycles. The zero-order valence-corrected chi connectivity index (χ0v) is 9.93. The van der Waals surface area contributed by atoms with Gasteiger partial charge in [-0.1, -0.05) is 17.7 Å². The molecule has 0 saturated carbocycles. The van der Waals surface area contributed by atoms with Crippen molar-refractivity contribution in [3.8, 4) is 0 Å². The lowest BCUT2D eigenvalue weighted by Gasteiger charge is -2.31. The van der Waals surface area contributed by atoms with Crippen molar-refractivity contribution in [2.24, 2.45) is 0 Å². The van der Waals surface area contributed by atoms with Gasteiger partial charge in [-0.2, -0.15) is 0 Å². The fourth-order valence-corrected chi connectivity index (χ4v) is 2.07. The predicted molar refractivity (Wildman–Crippen MR) is 61.1 cm³/mol. The molecule has 0 aliphatic carbocycles. The van der Waals surface area contributed by atoms with Gasteiger partial charge in [0.1, 0.15) is 0 Å². The van der Waals surface area contributed by atoms with Crippen LogP contribution in [0.5, 0.6) is 0 Å². The van der Waals surface area contributed by atoms with Crippen LogP contribution in [0.3, 0.4) is 0 Å². The minimum absolute atomic E-state index is 0.0833. The second-order valence-electron chi connectivity index (χ2n) is 4.83. The summed E-state index contributed by atoms with van der Waals surface area (Å²) in [6.07, 6.45) is 0. The van der Waals surface area contributed by atoms with E-state index in [2.05, 4.69) is 0 Å². The van der Waals surface area contributed by atoms with Crippen LogP contribution in [0.25, 0.3) is 0 Å². The zero-order valence-electron chi connectivity index (χ0n) is 9.17. The van der Waals surface area contributed by atoms with Crippen molar-refractivity contribution in [3.63, 3.8) is 0 Å². The Morgan fingerprint density at radius 1 is 1.33 bits per heavy atom. The molecule has 2 nitrogen and oxygen atoms in total. The second-order valence-corrected chi connectivity index (χ2v) is 5.24. The molecular formula is C12H14ClNO. The van der Waals surface area contributed by atoms with Crippen LogP contribution in [0, 0.1) is 0 Å². The first kappa shape index (κ1) is 10.5. The van der Waals surface area contributed by atoms with Crippen molar-refractivity contribution in [1.82, 2.24) is 4.90 Å². The molecular weight excluding hydrogens is 210 g/mol. The quantitative estimate of drug-likeness (QED) is 0.662. The molecule has 0 saturated heterocycles. The fraction of sp³-hybridized carbons (Fsp3) is 0.417. The van der Waals surface area contributed by atoms with E-state index < -0.39 is 0 Å². The van der Waals surface area contributed by atoms with Gasteiger partial charge in [0.25, 0.3) is 5.91 Å². The van der Waals surface area contributed by atoms with E-state index in [9.17, 15) is 4.79 Å². The molecule has 1 heterocycles. The number of fused-ring (bicyclic) bond motifs is 1. The Bertz CT molecular complexity index is 420. The average Bonchev–Trinajstić information content (AvgIpc) is 2.45. The lowest BCUT2D eigenvalue weighted by atomic mass is 10.1. The molecule has 1 amide bonds. The van der Waals surface area contributed by atoms with Gasteiger partial charge in [0, 0.05) is 28.2 Å². The van der Waals surface area contributed by atoms with Crippen LogP contribution in [0.4, 0.5) is 0 Å². The van der Waals surface area contributed by atoms with Crippen LogP contribution in [-0.2, 0) is 6.54 Å². The van der Waals surface area contributed by atoms with Gasteiger partial charge < -0.3 is 4.90 Å². The molecule has 0 bridgehead atoms. The van der Waals surface area contributed by atoms with E-state index in [4.69, 9.17) is 11.6 Å². The summed E-state index contributed by atoms with van der Waals surface area (Å²) in [7, 11) is 0. The van der Waals surface area contributed by atoms with E-state index in [1.54, 1.807) is 0 Å². The maximum atomic E-state index is 12.1. The minimum Gasteiger partial charge on any atom is -0.329 e. The normalized spacial score (nSPS) is 15.7. The molecule has 1 aromatic rings. The van der Waals surface area contributed by atoms with E-state index in [0.717, 1.165) is 11.1 Å². The molecule has 3 heteroatoms. The highest BCUT2D eigenvalue weighted by Gasteiger charge is 2.35. The number of nitrogens with zero attached hydrogens (tertiary/aromatic N) is 1. The Kier molecular flexibility index (Phi) is 2.27. The first-order chi connectivity index (χ1) is 6.91. The Balaban J connectivity index is 2.46. The third-order valence-electron chi connectivity index (χ3n) is 2.72. The molecule has 2 rings (SSSR count). The molecule has 0 spiro atoms. The summed E-state index contributed by atoms with van der Waals surface area (Å²) >= 11 is 6.07. The maximum absolute atomic E-state index is 12.1. The molecule has 15 heavy (non-hydrogen) atoms. The second kappa shape index (κ2) is 3.24. The Labute approximate surface area is 94.8 Å². The molecule has 80 valence electrons. The Morgan fingerprint density at radius 2 is 2.00 bits per heavy atom.